The Morgan fingerprint density at radius 2 is 2.12 bits per heavy atom. The lowest BCUT2D eigenvalue weighted by Crippen LogP contribution is -2.32. The molecule has 0 amide bonds. The molecular formula is C14H27NO2. The molecule has 0 aromatic heterocycles. The van der Waals surface area contributed by atoms with Crippen LogP contribution in [0.15, 0.2) is 0 Å². The van der Waals surface area contributed by atoms with Gasteiger partial charge in [-0.25, -0.2) is 0 Å². The smallest absolute Gasteiger partial charge is 0.320 e. The summed E-state index contributed by atoms with van der Waals surface area (Å²) in [6, 6.07) is 0. The fraction of sp³-hybridized carbons (Fsp3) is 0.929. The highest BCUT2D eigenvalue weighted by Crippen LogP contribution is 2.21. The molecule has 1 unspecified atom stereocenters. The monoisotopic (exact) mass is 241 g/mol. The van der Waals surface area contributed by atoms with E-state index >= 15 is 0 Å². The summed E-state index contributed by atoms with van der Waals surface area (Å²) in [5.74, 6) is 0.792. The summed E-state index contributed by atoms with van der Waals surface area (Å²) in [6.45, 7) is 8.63. The van der Waals surface area contributed by atoms with Crippen LogP contribution in [0.1, 0.15) is 52.9 Å². The van der Waals surface area contributed by atoms with Crippen molar-refractivity contribution in [2.24, 2.45) is 5.92 Å². The van der Waals surface area contributed by atoms with Crippen LogP contribution >= 0.6 is 0 Å². The van der Waals surface area contributed by atoms with Gasteiger partial charge in [-0.3, -0.25) is 9.69 Å². The second-order valence-electron chi connectivity index (χ2n) is 5.40. The third-order valence-corrected chi connectivity index (χ3v) is 3.36. The molecule has 0 aromatic carbocycles. The summed E-state index contributed by atoms with van der Waals surface area (Å²) < 4.78 is 5.19. The first-order valence-corrected chi connectivity index (χ1v) is 7.03. The van der Waals surface area contributed by atoms with Crippen LogP contribution in [0.5, 0.6) is 0 Å². The van der Waals surface area contributed by atoms with Crippen LogP contribution in [0.4, 0.5) is 0 Å². The zero-order valence-electron chi connectivity index (χ0n) is 11.6. The minimum absolute atomic E-state index is 0.00215. The van der Waals surface area contributed by atoms with Crippen molar-refractivity contribution in [2.45, 2.75) is 59.0 Å². The van der Waals surface area contributed by atoms with E-state index in [0.29, 0.717) is 6.54 Å². The highest BCUT2D eigenvalue weighted by Gasteiger charge is 2.19. The third-order valence-electron chi connectivity index (χ3n) is 3.36. The quantitative estimate of drug-likeness (QED) is 0.693. The van der Waals surface area contributed by atoms with Crippen molar-refractivity contribution in [3.8, 4) is 0 Å². The van der Waals surface area contributed by atoms with Gasteiger partial charge in [0.05, 0.1) is 12.6 Å². The molecule has 1 fully saturated rings. The second kappa shape index (κ2) is 7.70. The molecule has 3 nitrogen and oxygen atoms in total. The van der Waals surface area contributed by atoms with E-state index in [9.17, 15) is 4.79 Å². The van der Waals surface area contributed by atoms with Gasteiger partial charge in [-0.05, 0) is 52.1 Å². The van der Waals surface area contributed by atoms with Crippen molar-refractivity contribution in [1.82, 2.24) is 4.90 Å². The van der Waals surface area contributed by atoms with Gasteiger partial charge in [0, 0.05) is 0 Å². The van der Waals surface area contributed by atoms with Crippen molar-refractivity contribution >= 4 is 5.97 Å². The van der Waals surface area contributed by atoms with Crippen molar-refractivity contribution in [1.29, 1.82) is 0 Å². The van der Waals surface area contributed by atoms with E-state index in [1.807, 2.05) is 13.8 Å². The van der Waals surface area contributed by atoms with Crippen LogP contribution in [0, 0.1) is 5.92 Å². The maximum Gasteiger partial charge on any atom is 0.320 e. The first-order chi connectivity index (χ1) is 8.11. The first-order valence-electron chi connectivity index (χ1n) is 7.03. The molecule has 0 bridgehead atoms. The number of rotatable bonds is 5. The number of hydrogen-bond acceptors (Lipinski definition) is 3. The Morgan fingerprint density at radius 3 is 2.76 bits per heavy atom. The Bertz CT molecular complexity index is 228. The molecule has 1 rings (SSSR count). The van der Waals surface area contributed by atoms with E-state index < -0.39 is 0 Å². The van der Waals surface area contributed by atoms with Crippen molar-refractivity contribution in [3.63, 3.8) is 0 Å². The number of hydrogen-bond donors (Lipinski definition) is 0. The molecule has 17 heavy (non-hydrogen) atoms. The standard InChI is InChI=1S/C14H27NO2/c1-4-6-13-7-5-9-15(10-8-13)11-14(16)17-12(2)3/h12-13H,4-11H2,1-3H3. The lowest BCUT2D eigenvalue weighted by atomic mass is 9.96. The van der Waals surface area contributed by atoms with Gasteiger partial charge >= 0.3 is 5.97 Å². The van der Waals surface area contributed by atoms with E-state index in [0.717, 1.165) is 19.0 Å². The predicted molar refractivity (Wildman–Crippen MR) is 69.9 cm³/mol. The number of esters is 1. The van der Waals surface area contributed by atoms with Crippen LogP contribution in [0.3, 0.4) is 0 Å². The third kappa shape index (κ3) is 6.06. The largest absolute Gasteiger partial charge is 0.462 e. The Hall–Kier alpha value is -0.570. The Labute approximate surface area is 106 Å². The molecule has 1 atom stereocenters. The highest BCUT2D eigenvalue weighted by molar-refractivity contribution is 5.71. The molecule has 1 heterocycles. The number of carbonyl (C=O) groups excluding carboxylic acids is 1. The fourth-order valence-corrected chi connectivity index (χ4v) is 2.56. The van der Waals surface area contributed by atoms with E-state index in [4.69, 9.17) is 4.74 Å². The Balaban J connectivity index is 2.28. The Morgan fingerprint density at radius 1 is 1.35 bits per heavy atom. The van der Waals surface area contributed by atoms with E-state index in [-0.39, 0.29) is 12.1 Å². The molecule has 0 N–H and O–H groups in total. The fourth-order valence-electron chi connectivity index (χ4n) is 2.56. The van der Waals surface area contributed by atoms with Crippen LogP contribution in [-0.4, -0.2) is 36.6 Å². The number of ether oxygens (including phenoxy) is 1. The van der Waals surface area contributed by atoms with Gasteiger partial charge < -0.3 is 4.74 Å². The van der Waals surface area contributed by atoms with Gasteiger partial charge in [0.25, 0.3) is 0 Å². The average molecular weight is 241 g/mol. The lowest BCUT2D eigenvalue weighted by Gasteiger charge is -2.19. The zero-order valence-corrected chi connectivity index (χ0v) is 11.6. The van der Waals surface area contributed by atoms with Crippen molar-refractivity contribution in [3.05, 3.63) is 0 Å². The van der Waals surface area contributed by atoms with Crippen molar-refractivity contribution < 1.29 is 9.53 Å². The molecule has 100 valence electrons. The average Bonchev–Trinajstić information content (AvgIpc) is 2.43. The molecular weight excluding hydrogens is 214 g/mol. The SMILES string of the molecule is CCCC1CCCN(CC(=O)OC(C)C)CC1. The molecule has 1 aliphatic heterocycles. The molecule has 0 spiro atoms. The van der Waals surface area contributed by atoms with Crippen LogP contribution in [0.25, 0.3) is 0 Å². The molecule has 0 radical (unpaired) electrons. The minimum Gasteiger partial charge on any atom is -0.462 e. The van der Waals surface area contributed by atoms with Gasteiger partial charge in [-0.1, -0.05) is 19.8 Å². The highest BCUT2D eigenvalue weighted by atomic mass is 16.5. The van der Waals surface area contributed by atoms with Crippen molar-refractivity contribution in [2.75, 3.05) is 19.6 Å². The van der Waals surface area contributed by atoms with Gasteiger partial charge in [0.2, 0.25) is 0 Å². The molecule has 0 aliphatic carbocycles. The molecule has 1 aliphatic rings. The number of nitrogens with zero attached hydrogens (tertiary/aromatic N) is 1. The Kier molecular flexibility index (Phi) is 6.56. The minimum atomic E-state index is -0.0751. The summed E-state index contributed by atoms with van der Waals surface area (Å²) >= 11 is 0. The summed E-state index contributed by atoms with van der Waals surface area (Å²) in [4.78, 5) is 13.8. The van der Waals surface area contributed by atoms with Gasteiger partial charge in [0.1, 0.15) is 0 Å². The molecule has 0 aromatic rings. The van der Waals surface area contributed by atoms with Crippen LogP contribution in [0.2, 0.25) is 0 Å². The van der Waals surface area contributed by atoms with Crippen LogP contribution < -0.4 is 0 Å². The zero-order chi connectivity index (χ0) is 12.7. The summed E-state index contributed by atoms with van der Waals surface area (Å²) in [6.07, 6.45) is 6.40. The topological polar surface area (TPSA) is 29.5 Å². The van der Waals surface area contributed by atoms with E-state index in [1.165, 1.54) is 32.1 Å². The summed E-state index contributed by atoms with van der Waals surface area (Å²) in [5, 5.41) is 0. The van der Waals surface area contributed by atoms with E-state index in [1.54, 1.807) is 0 Å². The maximum atomic E-state index is 11.6. The number of carbonyl (C=O) groups is 1. The second-order valence-corrected chi connectivity index (χ2v) is 5.40. The molecule has 1 saturated heterocycles. The van der Waals surface area contributed by atoms with Gasteiger partial charge in [-0.15, -0.1) is 0 Å². The summed E-state index contributed by atoms with van der Waals surface area (Å²) in [5.41, 5.74) is 0. The number of likely N-dealkylation sites (tertiary alicyclic amines) is 1. The van der Waals surface area contributed by atoms with Gasteiger partial charge in [0.15, 0.2) is 0 Å². The first kappa shape index (κ1) is 14.5. The maximum absolute atomic E-state index is 11.6. The normalized spacial score (nSPS) is 22.5. The lowest BCUT2D eigenvalue weighted by molar-refractivity contribution is -0.148. The van der Waals surface area contributed by atoms with Crippen LogP contribution in [-0.2, 0) is 9.53 Å². The van der Waals surface area contributed by atoms with Gasteiger partial charge in [-0.2, -0.15) is 0 Å². The molecule has 0 saturated carbocycles. The predicted octanol–water partition coefficient (Wildman–Crippen LogP) is 2.84. The summed E-state index contributed by atoms with van der Waals surface area (Å²) in [7, 11) is 0. The van der Waals surface area contributed by atoms with E-state index in [2.05, 4.69) is 11.8 Å². The molecule has 3 heteroatoms.